The van der Waals surface area contributed by atoms with Gasteiger partial charge in [0.25, 0.3) is 0 Å². The number of hydrogen-bond acceptors (Lipinski definition) is 4. The molecule has 4 heteroatoms. The van der Waals surface area contributed by atoms with Crippen LogP contribution in [-0.2, 0) is 0 Å². The van der Waals surface area contributed by atoms with Gasteiger partial charge >= 0.3 is 0 Å². The lowest BCUT2D eigenvalue weighted by atomic mass is 10.0. The van der Waals surface area contributed by atoms with Gasteiger partial charge in [-0.15, -0.1) is 0 Å². The molecule has 4 nitrogen and oxygen atoms in total. The Balaban J connectivity index is 2.88. The Kier molecular flexibility index (Phi) is 7.23. The van der Waals surface area contributed by atoms with Crippen LogP contribution in [-0.4, -0.2) is 26.4 Å². The van der Waals surface area contributed by atoms with E-state index in [-0.39, 0.29) is 0 Å². The van der Waals surface area contributed by atoms with Crippen molar-refractivity contribution in [2.75, 3.05) is 21.3 Å². The molecule has 114 valence electrons. The van der Waals surface area contributed by atoms with E-state index in [1.807, 2.05) is 6.07 Å². The number of methoxy groups -OCH3 is 3. The molecule has 1 aromatic rings. The molecule has 0 bridgehead atoms. The van der Waals surface area contributed by atoms with Crippen molar-refractivity contribution >= 4 is 0 Å². The molecule has 0 amide bonds. The maximum absolute atomic E-state index is 10.3. The van der Waals surface area contributed by atoms with Crippen LogP contribution in [0.25, 0.3) is 0 Å². The molecule has 1 aromatic carbocycles. The zero-order valence-electron chi connectivity index (χ0n) is 12.9. The van der Waals surface area contributed by atoms with Crippen molar-refractivity contribution in [1.29, 1.82) is 0 Å². The van der Waals surface area contributed by atoms with Crippen LogP contribution in [0.4, 0.5) is 0 Å². The van der Waals surface area contributed by atoms with E-state index in [1.165, 1.54) is 12.8 Å². The van der Waals surface area contributed by atoms with Gasteiger partial charge in [0.05, 0.1) is 27.4 Å². The van der Waals surface area contributed by atoms with E-state index in [9.17, 15) is 5.11 Å². The molecule has 0 aliphatic rings. The lowest BCUT2D eigenvalue weighted by molar-refractivity contribution is 0.158. The van der Waals surface area contributed by atoms with Gasteiger partial charge in [-0.25, -0.2) is 0 Å². The second-order valence-corrected chi connectivity index (χ2v) is 4.79. The van der Waals surface area contributed by atoms with Gasteiger partial charge in [0.2, 0.25) is 5.75 Å². The highest BCUT2D eigenvalue weighted by Gasteiger charge is 2.20. The summed E-state index contributed by atoms with van der Waals surface area (Å²) in [5.41, 5.74) is 0.752. The van der Waals surface area contributed by atoms with Crippen LogP contribution in [0, 0.1) is 0 Å². The molecule has 0 aliphatic carbocycles. The Labute approximate surface area is 121 Å². The molecule has 1 N–H and O–H groups in total. The smallest absolute Gasteiger partial charge is 0.203 e. The minimum Gasteiger partial charge on any atom is -0.493 e. The van der Waals surface area contributed by atoms with E-state index in [2.05, 4.69) is 6.92 Å². The van der Waals surface area contributed by atoms with Crippen molar-refractivity contribution in [2.24, 2.45) is 0 Å². The maximum atomic E-state index is 10.3. The molecule has 1 rings (SSSR count). The molecule has 0 aliphatic heterocycles. The summed E-state index contributed by atoms with van der Waals surface area (Å²) in [5, 5.41) is 10.3. The summed E-state index contributed by atoms with van der Waals surface area (Å²) in [5.74, 6) is 1.68. The Hall–Kier alpha value is -1.42. The first-order chi connectivity index (χ1) is 9.69. The third-order valence-electron chi connectivity index (χ3n) is 3.42. The molecule has 0 saturated heterocycles. The number of ether oxygens (including phenoxy) is 3. The van der Waals surface area contributed by atoms with E-state index in [4.69, 9.17) is 14.2 Å². The van der Waals surface area contributed by atoms with Gasteiger partial charge in [0.15, 0.2) is 11.5 Å². The largest absolute Gasteiger partial charge is 0.493 e. The molecular formula is C16H26O4. The lowest BCUT2D eigenvalue weighted by Gasteiger charge is -2.19. The predicted molar refractivity (Wildman–Crippen MR) is 79.8 cm³/mol. The fraction of sp³-hybridized carbons (Fsp3) is 0.625. The van der Waals surface area contributed by atoms with E-state index in [0.717, 1.165) is 24.8 Å². The summed E-state index contributed by atoms with van der Waals surface area (Å²) >= 11 is 0. The fourth-order valence-corrected chi connectivity index (χ4v) is 2.31. The Morgan fingerprint density at radius 3 is 2.20 bits per heavy atom. The molecule has 0 spiro atoms. The molecule has 0 saturated carbocycles. The monoisotopic (exact) mass is 282 g/mol. The van der Waals surface area contributed by atoms with Crippen LogP contribution in [0.2, 0.25) is 0 Å². The minimum atomic E-state index is -0.540. The second-order valence-electron chi connectivity index (χ2n) is 4.79. The van der Waals surface area contributed by atoms with E-state index >= 15 is 0 Å². The van der Waals surface area contributed by atoms with Gasteiger partial charge in [0.1, 0.15) is 0 Å². The lowest BCUT2D eigenvalue weighted by Crippen LogP contribution is -2.04. The molecule has 0 heterocycles. The van der Waals surface area contributed by atoms with Crippen LogP contribution in [0.5, 0.6) is 17.2 Å². The van der Waals surface area contributed by atoms with Gasteiger partial charge in [-0.3, -0.25) is 0 Å². The second kappa shape index (κ2) is 8.69. The van der Waals surface area contributed by atoms with Crippen LogP contribution < -0.4 is 14.2 Å². The summed E-state index contributed by atoms with van der Waals surface area (Å²) < 4.78 is 16.0. The zero-order chi connectivity index (χ0) is 15.0. The molecule has 0 fully saturated rings. The first-order valence-electron chi connectivity index (χ1n) is 7.16. The quantitative estimate of drug-likeness (QED) is 0.701. The first-order valence-corrected chi connectivity index (χ1v) is 7.16. The Morgan fingerprint density at radius 2 is 1.65 bits per heavy atom. The van der Waals surface area contributed by atoms with Crippen molar-refractivity contribution in [3.63, 3.8) is 0 Å². The van der Waals surface area contributed by atoms with E-state index < -0.39 is 6.10 Å². The molecule has 20 heavy (non-hydrogen) atoms. The Bertz CT molecular complexity index is 404. The standard InChI is InChI=1S/C16H26O4/c1-5-6-7-8-9-13(17)12-10-11-14(18-2)16(20-4)15(12)19-3/h10-11,13,17H,5-9H2,1-4H3. The number of aliphatic hydroxyl groups is 1. The van der Waals surface area contributed by atoms with Gasteiger partial charge in [-0.2, -0.15) is 0 Å². The number of benzene rings is 1. The van der Waals surface area contributed by atoms with Crippen molar-refractivity contribution in [3.05, 3.63) is 17.7 Å². The number of hydrogen-bond donors (Lipinski definition) is 1. The van der Waals surface area contributed by atoms with E-state index in [1.54, 1.807) is 27.4 Å². The summed E-state index contributed by atoms with van der Waals surface area (Å²) in [7, 11) is 4.72. The van der Waals surface area contributed by atoms with Gasteiger partial charge in [-0.05, 0) is 18.6 Å². The molecule has 0 radical (unpaired) electrons. The molecule has 0 aromatic heterocycles. The normalized spacial score (nSPS) is 12.1. The highest BCUT2D eigenvalue weighted by Crippen LogP contribution is 2.42. The average molecular weight is 282 g/mol. The van der Waals surface area contributed by atoms with Gasteiger partial charge in [-0.1, -0.05) is 32.6 Å². The summed E-state index contributed by atoms with van der Waals surface area (Å²) in [6.45, 7) is 2.17. The summed E-state index contributed by atoms with van der Waals surface area (Å²) in [6, 6.07) is 3.64. The van der Waals surface area contributed by atoms with Crippen molar-refractivity contribution < 1.29 is 19.3 Å². The topological polar surface area (TPSA) is 47.9 Å². The van der Waals surface area contributed by atoms with E-state index in [0.29, 0.717) is 17.2 Å². The van der Waals surface area contributed by atoms with Crippen LogP contribution in [0.1, 0.15) is 50.7 Å². The number of rotatable bonds is 9. The minimum absolute atomic E-state index is 0.528. The first kappa shape index (κ1) is 16.6. The van der Waals surface area contributed by atoms with Gasteiger partial charge in [0, 0.05) is 5.56 Å². The van der Waals surface area contributed by atoms with Crippen LogP contribution in [0.15, 0.2) is 12.1 Å². The summed E-state index contributed by atoms with van der Waals surface area (Å²) in [4.78, 5) is 0. The SMILES string of the molecule is CCCCCCC(O)c1ccc(OC)c(OC)c1OC. The van der Waals surface area contributed by atoms with Crippen molar-refractivity contribution in [1.82, 2.24) is 0 Å². The predicted octanol–water partition coefficient (Wildman–Crippen LogP) is 3.72. The maximum Gasteiger partial charge on any atom is 0.203 e. The summed E-state index contributed by atoms with van der Waals surface area (Å²) in [6.07, 6.45) is 4.73. The van der Waals surface area contributed by atoms with Crippen molar-refractivity contribution in [2.45, 2.75) is 45.1 Å². The molecular weight excluding hydrogens is 256 g/mol. The highest BCUT2D eigenvalue weighted by atomic mass is 16.5. The zero-order valence-corrected chi connectivity index (χ0v) is 12.9. The van der Waals surface area contributed by atoms with Crippen molar-refractivity contribution in [3.8, 4) is 17.2 Å². The molecule has 1 unspecified atom stereocenters. The highest BCUT2D eigenvalue weighted by molar-refractivity contribution is 5.56. The van der Waals surface area contributed by atoms with Crippen LogP contribution in [0.3, 0.4) is 0 Å². The third-order valence-corrected chi connectivity index (χ3v) is 3.42. The van der Waals surface area contributed by atoms with Crippen LogP contribution >= 0.6 is 0 Å². The number of unbranched alkanes of at least 4 members (excludes halogenated alkanes) is 3. The average Bonchev–Trinajstić information content (AvgIpc) is 2.49. The third kappa shape index (κ3) is 4.04. The number of aliphatic hydroxyl groups excluding tert-OH is 1. The fourth-order valence-electron chi connectivity index (χ4n) is 2.31. The Morgan fingerprint density at radius 1 is 0.950 bits per heavy atom. The van der Waals surface area contributed by atoms with Gasteiger partial charge < -0.3 is 19.3 Å². The molecule has 1 atom stereocenters.